The Morgan fingerprint density at radius 2 is 1.95 bits per heavy atom. The van der Waals surface area contributed by atoms with Gasteiger partial charge >= 0.3 is 0 Å². The average molecular weight is 305 g/mol. The van der Waals surface area contributed by atoms with E-state index in [1.54, 1.807) is 11.0 Å². The van der Waals surface area contributed by atoms with Crippen LogP contribution in [0.1, 0.15) is 20.3 Å². The molecule has 0 aliphatic rings. The fourth-order valence-electron chi connectivity index (χ4n) is 2.34. The minimum atomic E-state index is -0.151. The molecule has 0 radical (unpaired) electrons. The van der Waals surface area contributed by atoms with Gasteiger partial charge in [0, 0.05) is 26.1 Å². The Hall–Kier alpha value is -1.95. The van der Waals surface area contributed by atoms with E-state index in [1.807, 2.05) is 32.0 Å². The third-order valence-electron chi connectivity index (χ3n) is 3.55. The van der Waals surface area contributed by atoms with Crippen molar-refractivity contribution in [2.45, 2.75) is 26.8 Å². The van der Waals surface area contributed by atoms with E-state index in [0.717, 1.165) is 5.52 Å². The molecular weight excluding hydrogens is 286 g/mol. The van der Waals surface area contributed by atoms with Crippen molar-refractivity contribution in [2.75, 3.05) is 13.1 Å². The second kappa shape index (κ2) is 6.67. The Kier molecular flexibility index (Phi) is 4.90. The number of benzene rings is 1. The quantitative estimate of drug-likeness (QED) is 0.863. The van der Waals surface area contributed by atoms with Crippen LogP contribution in [0.3, 0.4) is 0 Å². The molecular formula is C15H19N3O2S. The second-order valence-electron chi connectivity index (χ2n) is 4.75. The van der Waals surface area contributed by atoms with Crippen LogP contribution in [0.15, 0.2) is 29.1 Å². The number of aromatic amines is 1. The molecule has 1 heterocycles. The first-order valence-corrected chi connectivity index (χ1v) is 7.49. The summed E-state index contributed by atoms with van der Waals surface area (Å²) in [6.07, 6.45) is 0.275. The molecule has 1 N–H and O–H groups in total. The van der Waals surface area contributed by atoms with Crippen LogP contribution < -0.4 is 5.56 Å². The van der Waals surface area contributed by atoms with E-state index >= 15 is 0 Å². The molecule has 0 bridgehead atoms. The fourth-order valence-corrected chi connectivity index (χ4v) is 2.63. The number of nitrogens with zero attached hydrogens (tertiary/aromatic N) is 2. The third-order valence-corrected chi connectivity index (χ3v) is 3.88. The molecule has 1 amide bonds. The van der Waals surface area contributed by atoms with Gasteiger partial charge in [-0.25, -0.2) is 0 Å². The van der Waals surface area contributed by atoms with Gasteiger partial charge < -0.3 is 9.88 Å². The zero-order valence-electron chi connectivity index (χ0n) is 12.3. The lowest BCUT2D eigenvalue weighted by Crippen LogP contribution is -2.32. The molecule has 2 rings (SSSR count). The van der Waals surface area contributed by atoms with Crippen molar-refractivity contribution in [3.8, 4) is 0 Å². The first-order chi connectivity index (χ1) is 10.1. The monoisotopic (exact) mass is 305 g/mol. The number of carbonyl (C=O) groups excluding carboxylic acids is 1. The number of amides is 1. The molecule has 0 aliphatic heterocycles. The van der Waals surface area contributed by atoms with Crippen LogP contribution in [-0.4, -0.2) is 33.4 Å². The van der Waals surface area contributed by atoms with Crippen molar-refractivity contribution in [3.05, 3.63) is 39.4 Å². The average Bonchev–Trinajstić information content (AvgIpc) is 2.48. The highest BCUT2D eigenvalue weighted by atomic mass is 32.1. The van der Waals surface area contributed by atoms with Crippen LogP contribution in [0.25, 0.3) is 10.9 Å². The van der Waals surface area contributed by atoms with E-state index in [9.17, 15) is 9.59 Å². The Morgan fingerprint density at radius 3 is 2.62 bits per heavy atom. The van der Waals surface area contributed by atoms with E-state index in [0.29, 0.717) is 29.8 Å². The lowest BCUT2D eigenvalue weighted by Gasteiger charge is -2.18. The van der Waals surface area contributed by atoms with Gasteiger partial charge in [-0.3, -0.25) is 14.2 Å². The van der Waals surface area contributed by atoms with Crippen molar-refractivity contribution >= 4 is 29.0 Å². The summed E-state index contributed by atoms with van der Waals surface area (Å²) in [5.41, 5.74) is 0.570. The smallest absolute Gasteiger partial charge is 0.262 e. The number of carbonyl (C=O) groups is 1. The number of rotatable bonds is 5. The maximum absolute atomic E-state index is 12.4. The molecule has 1 aromatic heterocycles. The normalized spacial score (nSPS) is 10.8. The zero-order chi connectivity index (χ0) is 15.4. The zero-order valence-corrected chi connectivity index (χ0v) is 13.1. The predicted octanol–water partition coefficient (Wildman–Crippen LogP) is 2.32. The summed E-state index contributed by atoms with van der Waals surface area (Å²) in [5.74, 6) is 0.0365. The van der Waals surface area contributed by atoms with Gasteiger partial charge in [-0.1, -0.05) is 12.1 Å². The molecule has 6 heteroatoms. The van der Waals surface area contributed by atoms with Gasteiger partial charge in [-0.2, -0.15) is 0 Å². The van der Waals surface area contributed by atoms with E-state index in [-0.39, 0.29) is 17.9 Å². The van der Waals surface area contributed by atoms with Crippen LogP contribution in [0.4, 0.5) is 0 Å². The number of aromatic nitrogens is 2. The molecule has 21 heavy (non-hydrogen) atoms. The van der Waals surface area contributed by atoms with Crippen LogP contribution >= 0.6 is 12.2 Å². The first kappa shape index (κ1) is 15.4. The number of hydrogen-bond acceptors (Lipinski definition) is 3. The number of hydrogen-bond donors (Lipinski definition) is 1. The summed E-state index contributed by atoms with van der Waals surface area (Å²) in [7, 11) is 0. The highest BCUT2D eigenvalue weighted by Gasteiger charge is 2.11. The number of H-pyrrole nitrogens is 1. The molecule has 0 saturated carbocycles. The molecule has 1 aromatic carbocycles. The summed E-state index contributed by atoms with van der Waals surface area (Å²) in [5, 5.41) is 0.585. The minimum absolute atomic E-state index is 0.0365. The molecule has 112 valence electrons. The highest BCUT2D eigenvalue weighted by molar-refractivity contribution is 7.71. The van der Waals surface area contributed by atoms with Gasteiger partial charge in [0.2, 0.25) is 5.91 Å². The topological polar surface area (TPSA) is 58.1 Å². The molecule has 0 aliphatic carbocycles. The molecule has 0 saturated heterocycles. The lowest BCUT2D eigenvalue weighted by molar-refractivity contribution is -0.131. The summed E-state index contributed by atoms with van der Waals surface area (Å²) < 4.78 is 1.81. The van der Waals surface area contributed by atoms with Crippen LogP contribution in [0, 0.1) is 4.77 Å². The van der Waals surface area contributed by atoms with Gasteiger partial charge in [0.1, 0.15) is 0 Å². The van der Waals surface area contributed by atoms with E-state index in [1.165, 1.54) is 4.57 Å². The maximum atomic E-state index is 12.4. The molecule has 2 aromatic rings. The van der Waals surface area contributed by atoms with Crippen molar-refractivity contribution in [3.63, 3.8) is 0 Å². The number of nitrogens with one attached hydrogen (secondary N) is 1. The summed E-state index contributed by atoms with van der Waals surface area (Å²) in [6, 6.07) is 7.23. The maximum Gasteiger partial charge on any atom is 0.262 e. The van der Waals surface area contributed by atoms with Gasteiger partial charge in [0.25, 0.3) is 5.56 Å². The molecule has 0 fully saturated rings. The van der Waals surface area contributed by atoms with Crippen LogP contribution in [0.5, 0.6) is 0 Å². The highest BCUT2D eigenvalue weighted by Crippen LogP contribution is 2.06. The van der Waals surface area contributed by atoms with Gasteiger partial charge in [0.15, 0.2) is 4.77 Å². The number of para-hydroxylation sites is 1. The SMILES string of the molecule is CCN(CC)C(=O)CCn1c(=S)[nH]c2ccccc2c1=O. The van der Waals surface area contributed by atoms with Crippen molar-refractivity contribution in [1.82, 2.24) is 14.5 Å². The summed E-state index contributed by atoms with van der Waals surface area (Å²) in [6.45, 7) is 5.53. The summed E-state index contributed by atoms with van der Waals surface area (Å²) in [4.78, 5) is 29.2. The first-order valence-electron chi connectivity index (χ1n) is 7.08. The minimum Gasteiger partial charge on any atom is -0.343 e. The third kappa shape index (κ3) is 3.21. The van der Waals surface area contributed by atoms with Gasteiger partial charge in [-0.05, 0) is 38.2 Å². The van der Waals surface area contributed by atoms with E-state index in [2.05, 4.69) is 4.98 Å². The van der Waals surface area contributed by atoms with E-state index < -0.39 is 0 Å². The van der Waals surface area contributed by atoms with Crippen molar-refractivity contribution in [2.24, 2.45) is 0 Å². The Labute approximate surface area is 128 Å². The Morgan fingerprint density at radius 1 is 1.29 bits per heavy atom. The predicted molar refractivity (Wildman–Crippen MR) is 85.9 cm³/mol. The largest absolute Gasteiger partial charge is 0.343 e. The number of fused-ring (bicyclic) bond motifs is 1. The Balaban J connectivity index is 2.29. The lowest BCUT2D eigenvalue weighted by atomic mass is 10.2. The molecule has 0 atom stereocenters. The molecule has 5 nitrogen and oxygen atoms in total. The van der Waals surface area contributed by atoms with Crippen molar-refractivity contribution in [1.29, 1.82) is 0 Å². The van der Waals surface area contributed by atoms with Gasteiger partial charge in [-0.15, -0.1) is 0 Å². The molecule has 0 unspecified atom stereocenters. The molecule has 0 spiro atoms. The fraction of sp³-hybridized carbons (Fsp3) is 0.400. The Bertz CT molecular complexity index is 759. The summed E-state index contributed by atoms with van der Waals surface area (Å²) >= 11 is 5.22. The van der Waals surface area contributed by atoms with Crippen LogP contribution in [0.2, 0.25) is 0 Å². The van der Waals surface area contributed by atoms with E-state index in [4.69, 9.17) is 12.2 Å². The second-order valence-corrected chi connectivity index (χ2v) is 5.14. The van der Waals surface area contributed by atoms with Crippen LogP contribution in [-0.2, 0) is 11.3 Å². The van der Waals surface area contributed by atoms with Gasteiger partial charge in [0.05, 0.1) is 10.9 Å². The standard InChI is InChI=1S/C15H19N3O2S/c1-3-17(4-2)13(19)9-10-18-14(20)11-7-5-6-8-12(11)16-15(18)21/h5-8H,3-4,9-10H2,1-2H3,(H,16,21). The van der Waals surface area contributed by atoms with Crippen molar-refractivity contribution < 1.29 is 4.79 Å².